The molecule has 1 atom stereocenters. The molecule has 0 bridgehead atoms. The highest BCUT2D eigenvalue weighted by molar-refractivity contribution is 6.01. The highest BCUT2D eigenvalue weighted by Gasteiger charge is 2.27. The Labute approximate surface area is 124 Å². The molecule has 0 saturated carbocycles. The number of carbonyl (C=O) groups excluding carboxylic acids is 1. The lowest BCUT2D eigenvalue weighted by atomic mass is 10.0. The largest absolute Gasteiger partial charge is 0.481 e. The van der Waals surface area contributed by atoms with Gasteiger partial charge in [0.15, 0.2) is 0 Å². The molecular weight excluding hydrogens is 268 g/mol. The average Bonchev–Trinajstić information content (AvgIpc) is 2.49. The Balaban J connectivity index is 2.29. The highest BCUT2D eigenvalue weighted by atomic mass is 16.4. The minimum absolute atomic E-state index is 0.364. The third kappa shape index (κ3) is 3.92. The van der Waals surface area contributed by atoms with Gasteiger partial charge in [0, 0.05) is 11.4 Å². The first-order valence-corrected chi connectivity index (χ1v) is 7.15. The molecule has 1 aromatic carbocycles. The minimum Gasteiger partial charge on any atom is -0.481 e. The van der Waals surface area contributed by atoms with Gasteiger partial charge in [-0.2, -0.15) is 0 Å². The Morgan fingerprint density at radius 1 is 1.24 bits per heavy atom. The van der Waals surface area contributed by atoms with Crippen molar-refractivity contribution in [2.24, 2.45) is 5.73 Å². The molecule has 5 nitrogen and oxygen atoms in total. The van der Waals surface area contributed by atoms with E-state index in [2.05, 4.69) is 0 Å². The molecule has 0 radical (unpaired) electrons. The molecule has 2 rings (SSSR count). The molecule has 0 aromatic heterocycles. The maximum atomic E-state index is 12.6. The standard InChI is InChI=1S/C16H20N2O3/c17-14(11-15(19)20)16(21)18(12-7-3-1-4-8-12)13-9-5-2-6-10-13/h1,3-4,7-9,14H,2,5-6,10-11,17H2,(H,19,20)/t14-/m0/s1. The Bertz CT molecular complexity index is 540. The van der Waals surface area contributed by atoms with Gasteiger partial charge in [0.25, 0.3) is 0 Å². The molecule has 0 spiro atoms. The predicted molar refractivity (Wildman–Crippen MR) is 80.7 cm³/mol. The monoisotopic (exact) mass is 288 g/mol. The summed E-state index contributed by atoms with van der Waals surface area (Å²) in [5.74, 6) is -1.43. The Morgan fingerprint density at radius 2 is 1.95 bits per heavy atom. The van der Waals surface area contributed by atoms with Crippen LogP contribution in [0.25, 0.3) is 0 Å². The van der Waals surface area contributed by atoms with E-state index < -0.39 is 12.0 Å². The summed E-state index contributed by atoms with van der Waals surface area (Å²) in [6.07, 6.45) is 5.55. The highest BCUT2D eigenvalue weighted by Crippen LogP contribution is 2.27. The molecule has 0 fully saturated rings. The quantitative estimate of drug-likeness (QED) is 0.870. The van der Waals surface area contributed by atoms with Gasteiger partial charge in [-0.25, -0.2) is 0 Å². The molecule has 0 heterocycles. The van der Waals surface area contributed by atoms with Crippen LogP contribution in [0.2, 0.25) is 0 Å². The van der Waals surface area contributed by atoms with Crippen LogP contribution in [0.1, 0.15) is 32.1 Å². The van der Waals surface area contributed by atoms with E-state index in [4.69, 9.17) is 10.8 Å². The van der Waals surface area contributed by atoms with E-state index in [1.807, 2.05) is 36.4 Å². The van der Waals surface area contributed by atoms with Crippen LogP contribution < -0.4 is 10.6 Å². The number of nitrogens with two attached hydrogens (primary N) is 1. The zero-order valence-electron chi connectivity index (χ0n) is 11.9. The van der Waals surface area contributed by atoms with Gasteiger partial charge in [0.2, 0.25) is 5.91 Å². The van der Waals surface area contributed by atoms with Gasteiger partial charge in [-0.15, -0.1) is 0 Å². The second-order valence-electron chi connectivity index (χ2n) is 5.15. The summed E-state index contributed by atoms with van der Waals surface area (Å²) in [6, 6.07) is 8.20. The molecule has 1 amide bonds. The number of amides is 1. The summed E-state index contributed by atoms with van der Waals surface area (Å²) in [5, 5.41) is 8.83. The maximum absolute atomic E-state index is 12.6. The number of para-hydroxylation sites is 1. The molecule has 5 heteroatoms. The first kappa shape index (κ1) is 15.3. The summed E-state index contributed by atoms with van der Waals surface area (Å²) < 4.78 is 0. The van der Waals surface area contributed by atoms with Crippen LogP contribution in [0.4, 0.5) is 5.69 Å². The summed E-state index contributed by atoms with van der Waals surface area (Å²) in [6.45, 7) is 0. The number of carbonyl (C=O) groups is 2. The van der Waals surface area contributed by atoms with Crippen LogP contribution in [-0.2, 0) is 9.59 Å². The van der Waals surface area contributed by atoms with Crippen LogP contribution in [0.3, 0.4) is 0 Å². The van der Waals surface area contributed by atoms with Gasteiger partial charge in [-0.3, -0.25) is 14.5 Å². The van der Waals surface area contributed by atoms with Gasteiger partial charge < -0.3 is 10.8 Å². The number of anilines is 1. The smallest absolute Gasteiger partial charge is 0.305 e. The molecule has 1 aliphatic carbocycles. The van der Waals surface area contributed by atoms with Gasteiger partial charge in [-0.1, -0.05) is 24.3 Å². The van der Waals surface area contributed by atoms with Gasteiger partial charge in [-0.05, 0) is 37.8 Å². The summed E-state index contributed by atoms with van der Waals surface area (Å²) >= 11 is 0. The number of benzene rings is 1. The average molecular weight is 288 g/mol. The zero-order valence-corrected chi connectivity index (χ0v) is 11.9. The van der Waals surface area contributed by atoms with Crippen molar-refractivity contribution < 1.29 is 14.7 Å². The molecule has 0 unspecified atom stereocenters. The molecule has 1 aromatic rings. The lowest BCUT2D eigenvalue weighted by Gasteiger charge is -2.29. The van der Waals surface area contributed by atoms with Crippen molar-refractivity contribution in [3.63, 3.8) is 0 Å². The summed E-state index contributed by atoms with van der Waals surface area (Å²) in [7, 11) is 0. The number of hydrogen-bond acceptors (Lipinski definition) is 3. The van der Waals surface area contributed by atoms with Crippen molar-refractivity contribution in [1.29, 1.82) is 0 Å². The SMILES string of the molecule is N[C@@H](CC(=O)O)C(=O)N(C1=CCCCC1)c1ccccc1. The molecular formula is C16H20N2O3. The van der Waals surface area contributed by atoms with E-state index in [0.717, 1.165) is 37.1 Å². The first-order valence-electron chi connectivity index (χ1n) is 7.15. The second kappa shape index (κ2) is 7.04. The Hall–Kier alpha value is -2.14. The number of carboxylic acid groups (broad SMARTS) is 1. The van der Waals surface area contributed by atoms with Crippen LogP contribution in [-0.4, -0.2) is 23.0 Å². The third-order valence-electron chi connectivity index (χ3n) is 3.50. The van der Waals surface area contributed by atoms with Crippen LogP contribution in [0, 0.1) is 0 Å². The molecule has 0 aliphatic heterocycles. The van der Waals surface area contributed by atoms with Crippen molar-refractivity contribution in [2.45, 2.75) is 38.1 Å². The lowest BCUT2D eigenvalue weighted by molar-refractivity contribution is -0.139. The van der Waals surface area contributed by atoms with Crippen LogP contribution in [0.5, 0.6) is 0 Å². The van der Waals surface area contributed by atoms with E-state index in [0.29, 0.717) is 0 Å². The number of nitrogens with zero attached hydrogens (tertiary/aromatic N) is 1. The molecule has 1 aliphatic rings. The van der Waals surface area contributed by atoms with E-state index in [1.54, 1.807) is 4.90 Å². The number of rotatable bonds is 5. The lowest BCUT2D eigenvalue weighted by Crippen LogP contribution is -2.44. The summed E-state index contributed by atoms with van der Waals surface area (Å²) in [5.41, 5.74) is 7.41. The van der Waals surface area contributed by atoms with Gasteiger partial charge in [0.05, 0.1) is 12.5 Å². The fourth-order valence-electron chi connectivity index (χ4n) is 2.48. The van der Waals surface area contributed by atoms with E-state index in [-0.39, 0.29) is 12.3 Å². The van der Waals surface area contributed by atoms with Crippen LogP contribution in [0.15, 0.2) is 42.1 Å². The normalized spacial score (nSPS) is 16.0. The first-order chi connectivity index (χ1) is 10.1. The molecule has 112 valence electrons. The predicted octanol–water partition coefficient (Wildman–Crippen LogP) is 2.28. The Morgan fingerprint density at radius 3 is 2.52 bits per heavy atom. The second-order valence-corrected chi connectivity index (χ2v) is 5.15. The number of carboxylic acids is 1. The van der Waals surface area contributed by atoms with E-state index in [1.165, 1.54) is 0 Å². The van der Waals surface area contributed by atoms with E-state index in [9.17, 15) is 9.59 Å². The maximum Gasteiger partial charge on any atom is 0.305 e. The zero-order chi connectivity index (χ0) is 15.2. The third-order valence-corrected chi connectivity index (χ3v) is 3.50. The van der Waals surface area contributed by atoms with Gasteiger partial charge >= 0.3 is 5.97 Å². The fourth-order valence-corrected chi connectivity index (χ4v) is 2.48. The Kier molecular flexibility index (Phi) is 5.11. The molecule has 3 N–H and O–H groups in total. The van der Waals surface area contributed by atoms with Gasteiger partial charge in [0.1, 0.15) is 0 Å². The van der Waals surface area contributed by atoms with Crippen molar-refractivity contribution in [3.05, 3.63) is 42.1 Å². The van der Waals surface area contributed by atoms with Crippen molar-refractivity contribution in [3.8, 4) is 0 Å². The minimum atomic E-state index is -1.07. The van der Waals surface area contributed by atoms with Crippen LogP contribution >= 0.6 is 0 Å². The summed E-state index contributed by atoms with van der Waals surface area (Å²) in [4.78, 5) is 24.9. The number of allylic oxidation sites excluding steroid dienone is 2. The molecule has 0 saturated heterocycles. The van der Waals surface area contributed by atoms with Crippen molar-refractivity contribution in [2.75, 3.05) is 4.90 Å². The number of aliphatic carboxylic acids is 1. The van der Waals surface area contributed by atoms with Crippen molar-refractivity contribution >= 4 is 17.6 Å². The topological polar surface area (TPSA) is 83.6 Å². The molecule has 21 heavy (non-hydrogen) atoms. The van der Waals surface area contributed by atoms with Crippen molar-refractivity contribution in [1.82, 2.24) is 0 Å². The fraction of sp³-hybridized carbons (Fsp3) is 0.375. The van der Waals surface area contributed by atoms with E-state index >= 15 is 0 Å². The number of hydrogen-bond donors (Lipinski definition) is 2.